The summed E-state index contributed by atoms with van der Waals surface area (Å²) in [7, 11) is 4.00. The highest BCUT2D eigenvalue weighted by Crippen LogP contribution is 2.23. The topological polar surface area (TPSA) is 53.1 Å². The van der Waals surface area contributed by atoms with Crippen molar-refractivity contribution in [3.05, 3.63) is 60.3 Å². The molecule has 1 aliphatic carbocycles. The lowest BCUT2D eigenvalue weighted by molar-refractivity contribution is 0.352. The van der Waals surface area contributed by atoms with E-state index in [0.717, 1.165) is 31.2 Å². The van der Waals surface area contributed by atoms with Crippen molar-refractivity contribution < 1.29 is 0 Å². The highest BCUT2D eigenvalue weighted by Gasteiger charge is 2.21. The lowest BCUT2D eigenvalue weighted by Crippen LogP contribution is -2.37. The molecule has 0 radical (unpaired) electrons. The third kappa shape index (κ3) is 4.42. The number of nitrogens with zero attached hydrogens (tertiary/aromatic N) is 3. The molecule has 3 aromatic rings. The zero-order valence-corrected chi connectivity index (χ0v) is 16.7. The standard InChI is InChI=1S/C23H29N5/c1-28(2)22-14-15-24-23(27-22)26-20-12-10-19(11-13-20)25-16-18-8-5-7-17-6-3-4-9-21(17)18/h3-9,14-15,19-20,25H,10-13,16H2,1-2H3,(H,24,26,27)/t19-,20+. The third-order valence-electron chi connectivity index (χ3n) is 5.62. The summed E-state index contributed by atoms with van der Waals surface area (Å²) in [4.78, 5) is 11.0. The van der Waals surface area contributed by atoms with Crippen LogP contribution >= 0.6 is 0 Å². The fraction of sp³-hybridized carbons (Fsp3) is 0.391. The minimum atomic E-state index is 0.452. The summed E-state index contributed by atoms with van der Waals surface area (Å²) in [6, 6.07) is 18.2. The Hall–Kier alpha value is -2.66. The Labute approximate surface area is 167 Å². The molecule has 0 amide bonds. The molecule has 1 saturated carbocycles. The van der Waals surface area contributed by atoms with Crippen LogP contribution in [0.5, 0.6) is 0 Å². The fourth-order valence-electron chi connectivity index (χ4n) is 3.99. The lowest BCUT2D eigenvalue weighted by atomic mass is 9.91. The normalized spacial score (nSPS) is 19.5. The Morgan fingerprint density at radius 1 is 0.929 bits per heavy atom. The van der Waals surface area contributed by atoms with Crippen molar-refractivity contribution in [1.29, 1.82) is 0 Å². The van der Waals surface area contributed by atoms with Crippen molar-refractivity contribution in [2.24, 2.45) is 0 Å². The summed E-state index contributed by atoms with van der Waals surface area (Å²) >= 11 is 0. The number of fused-ring (bicyclic) bond motifs is 1. The van der Waals surface area contributed by atoms with Crippen LogP contribution in [0.4, 0.5) is 11.8 Å². The Balaban J connectivity index is 1.29. The van der Waals surface area contributed by atoms with E-state index in [1.54, 1.807) is 0 Å². The fourth-order valence-corrected chi connectivity index (χ4v) is 3.99. The molecule has 146 valence electrons. The molecule has 0 atom stereocenters. The van der Waals surface area contributed by atoms with Crippen LogP contribution in [0.3, 0.4) is 0 Å². The monoisotopic (exact) mass is 375 g/mol. The molecule has 2 N–H and O–H groups in total. The van der Waals surface area contributed by atoms with E-state index in [0.29, 0.717) is 12.1 Å². The quantitative estimate of drug-likeness (QED) is 0.676. The zero-order chi connectivity index (χ0) is 19.3. The van der Waals surface area contributed by atoms with Gasteiger partial charge in [0.05, 0.1) is 0 Å². The Kier molecular flexibility index (Phi) is 5.72. The smallest absolute Gasteiger partial charge is 0.224 e. The number of nitrogens with one attached hydrogen (secondary N) is 2. The minimum Gasteiger partial charge on any atom is -0.363 e. The third-order valence-corrected chi connectivity index (χ3v) is 5.62. The predicted octanol–water partition coefficient (Wildman–Crippen LogP) is 4.21. The maximum absolute atomic E-state index is 4.58. The second kappa shape index (κ2) is 8.57. The van der Waals surface area contributed by atoms with Crippen LogP contribution < -0.4 is 15.5 Å². The van der Waals surface area contributed by atoms with Gasteiger partial charge in [-0.25, -0.2) is 4.98 Å². The first kappa shape index (κ1) is 18.7. The van der Waals surface area contributed by atoms with Crippen molar-refractivity contribution in [2.45, 2.75) is 44.3 Å². The summed E-state index contributed by atoms with van der Waals surface area (Å²) in [6.45, 7) is 0.929. The average molecular weight is 376 g/mol. The van der Waals surface area contributed by atoms with Crippen LogP contribution in [0.2, 0.25) is 0 Å². The van der Waals surface area contributed by atoms with E-state index in [1.165, 1.54) is 29.2 Å². The molecular formula is C23H29N5. The van der Waals surface area contributed by atoms with Gasteiger partial charge in [0.1, 0.15) is 5.82 Å². The maximum Gasteiger partial charge on any atom is 0.224 e. The molecule has 0 aliphatic heterocycles. The Morgan fingerprint density at radius 2 is 1.68 bits per heavy atom. The van der Waals surface area contributed by atoms with E-state index in [1.807, 2.05) is 31.3 Å². The molecule has 4 rings (SSSR count). The van der Waals surface area contributed by atoms with Gasteiger partial charge in [0, 0.05) is 38.9 Å². The number of anilines is 2. The second-order valence-corrected chi connectivity index (χ2v) is 7.84. The highest BCUT2D eigenvalue weighted by molar-refractivity contribution is 5.85. The molecule has 1 heterocycles. The first-order valence-corrected chi connectivity index (χ1v) is 10.2. The van der Waals surface area contributed by atoms with E-state index in [4.69, 9.17) is 0 Å². The van der Waals surface area contributed by atoms with Gasteiger partial charge in [-0.15, -0.1) is 0 Å². The largest absolute Gasteiger partial charge is 0.363 e. The number of hydrogen-bond donors (Lipinski definition) is 2. The van der Waals surface area contributed by atoms with Crippen LogP contribution in [-0.2, 0) is 6.54 Å². The van der Waals surface area contributed by atoms with Crippen LogP contribution in [0, 0.1) is 0 Å². The molecule has 5 heteroatoms. The zero-order valence-electron chi connectivity index (χ0n) is 16.7. The van der Waals surface area contributed by atoms with Gasteiger partial charge >= 0.3 is 0 Å². The molecule has 1 fully saturated rings. The second-order valence-electron chi connectivity index (χ2n) is 7.84. The van der Waals surface area contributed by atoms with Gasteiger partial charge < -0.3 is 15.5 Å². The molecule has 0 saturated heterocycles. The van der Waals surface area contributed by atoms with E-state index in [9.17, 15) is 0 Å². The van der Waals surface area contributed by atoms with Gasteiger partial charge in [-0.2, -0.15) is 4.98 Å². The van der Waals surface area contributed by atoms with Gasteiger partial charge in [0.15, 0.2) is 0 Å². The molecule has 0 bridgehead atoms. The molecule has 1 aromatic heterocycles. The molecule has 0 unspecified atom stereocenters. The SMILES string of the molecule is CN(C)c1ccnc(N[C@H]2CC[C@@H](NCc3cccc4ccccc34)CC2)n1. The molecule has 5 nitrogen and oxygen atoms in total. The van der Waals surface area contributed by atoms with Crippen LogP contribution in [0.15, 0.2) is 54.7 Å². The van der Waals surface area contributed by atoms with E-state index >= 15 is 0 Å². The molecule has 1 aliphatic rings. The van der Waals surface area contributed by atoms with Gasteiger partial charge in [0.25, 0.3) is 0 Å². The van der Waals surface area contributed by atoms with E-state index in [2.05, 4.69) is 63.1 Å². The van der Waals surface area contributed by atoms with E-state index < -0.39 is 0 Å². The molecule has 2 aromatic carbocycles. The minimum absolute atomic E-state index is 0.452. The molecule has 0 spiro atoms. The van der Waals surface area contributed by atoms with Crippen LogP contribution in [0.1, 0.15) is 31.2 Å². The Bertz CT molecular complexity index is 910. The maximum atomic E-state index is 4.58. The van der Waals surface area contributed by atoms with Gasteiger partial charge in [-0.05, 0) is 48.1 Å². The van der Waals surface area contributed by atoms with Crippen molar-refractivity contribution in [3.8, 4) is 0 Å². The number of benzene rings is 2. The highest BCUT2D eigenvalue weighted by atomic mass is 15.2. The van der Waals surface area contributed by atoms with Crippen LogP contribution in [0.25, 0.3) is 10.8 Å². The first-order chi connectivity index (χ1) is 13.7. The average Bonchev–Trinajstić information content (AvgIpc) is 2.73. The van der Waals surface area contributed by atoms with Crippen molar-refractivity contribution in [2.75, 3.05) is 24.3 Å². The van der Waals surface area contributed by atoms with Gasteiger partial charge in [-0.3, -0.25) is 0 Å². The van der Waals surface area contributed by atoms with Gasteiger partial charge in [0.2, 0.25) is 5.95 Å². The predicted molar refractivity (Wildman–Crippen MR) is 117 cm³/mol. The van der Waals surface area contributed by atoms with Gasteiger partial charge in [-0.1, -0.05) is 42.5 Å². The van der Waals surface area contributed by atoms with Crippen LogP contribution in [-0.4, -0.2) is 36.1 Å². The number of aromatic nitrogens is 2. The van der Waals surface area contributed by atoms with Crippen molar-refractivity contribution in [3.63, 3.8) is 0 Å². The summed E-state index contributed by atoms with van der Waals surface area (Å²) in [5.74, 6) is 1.67. The number of rotatable bonds is 6. The molecule has 28 heavy (non-hydrogen) atoms. The first-order valence-electron chi connectivity index (χ1n) is 10.2. The Morgan fingerprint density at radius 3 is 2.50 bits per heavy atom. The molecular weight excluding hydrogens is 346 g/mol. The van der Waals surface area contributed by atoms with Crippen molar-refractivity contribution in [1.82, 2.24) is 15.3 Å². The number of hydrogen-bond acceptors (Lipinski definition) is 5. The summed E-state index contributed by atoms with van der Waals surface area (Å²) < 4.78 is 0. The summed E-state index contributed by atoms with van der Waals surface area (Å²) in [5.41, 5.74) is 1.38. The lowest BCUT2D eigenvalue weighted by Gasteiger charge is -2.30. The summed E-state index contributed by atoms with van der Waals surface area (Å²) in [5, 5.41) is 9.96. The van der Waals surface area contributed by atoms with Crippen molar-refractivity contribution >= 4 is 22.5 Å². The van der Waals surface area contributed by atoms with E-state index in [-0.39, 0.29) is 0 Å². The summed E-state index contributed by atoms with van der Waals surface area (Å²) in [6.07, 6.45) is 6.46.